The van der Waals surface area contributed by atoms with Crippen LogP contribution in [0.1, 0.15) is 19.8 Å². The average molecular weight is 227 g/mol. The number of carbonyl (C=O) groups excluding carboxylic acids is 1. The monoisotopic (exact) mass is 227 g/mol. The molecule has 1 unspecified atom stereocenters. The molecule has 0 aromatic rings. The molecule has 0 aromatic heterocycles. The molecule has 0 aromatic carbocycles. The van der Waals surface area contributed by atoms with Crippen molar-refractivity contribution in [2.45, 2.75) is 25.8 Å². The predicted octanol–water partition coefficient (Wildman–Crippen LogP) is 0.373. The lowest BCUT2D eigenvalue weighted by molar-refractivity contribution is -0.125. The van der Waals surface area contributed by atoms with Crippen molar-refractivity contribution >= 4 is 5.91 Å². The number of methoxy groups -OCH3 is 1. The first-order valence-electron chi connectivity index (χ1n) is 5.47. The number of hydrogen-bond acceptors (Lipinski definition) is 4. The van der Waals surface area contributed by atoms with Crippen molar-refractivity contribution in [1.29, 1.82) is 5.26 Å². The van der Waals surface area contributed by atoms with Crippen LogP contribution in [0.25, 0.3) is 0 Å². The van der Waals surface area contributed by atoms with E-state index in [1.54, 1.807) is 7.11 Å². The van der Waals surface area contributed by atoms with Gasteiger partial charge in [-0.2, -0.15) is 5.26 Å². The summed E-state index contributed by atoms with van der Waals surface area (Å²) in [4.78, 5) is 13.5. The molecule has 0 bridgehead atoms. The highest BCUT2D eigenvalue weighted by Gasteiger charge is 2.16. The number of nitriles is 1. The summed E-state index contributed by atoms with van der Waals surface area (Å²) in [6, 6.07) is 1.86. The maximum absolute atomic E-state index is 11.6. The number of ether oxygens (including phenoxy) is 1. The van der Waals surface area contributed by atoms with Crippen LogP contribution in [0.3, 0.4) is 0 Å². The molecule has 0 saturated heterocycles. The van der Waals surface area contributed by atoms with E-state index in [1.165, 1.54) is 0 Å². The van der Waals surface area contributed by atoms with Crippen LogP contribution in [0.2, 0.25) is 0 Å². The van der Waals surface area contributed by atoms with Crippen LogP contribution >= 0.6 is 0 Å². The third-order valence-electron chi connectivity index (χ3n) is 2.44. The quantitative estimate of drug-likeness (QED) is 0.609. The lowest BCUT2D eigenvalue weighted by Crippen LogP contribution is -2.43. The largest absolute Gasteiger partial charge is 0.385 e. The number of nitrogens with zero attached hydrogens (tertiary/aromatic N) is 2. The van der Waals surface area contributed by atoms with E-state index in [4.69, 9.17) is 10.00 Å². The van der Waals surface area contributed by atoms with E-state index in [-0.39, 0.29) is 11.9 Å². The molecule has 1 atom stereocenters. The number of amides is 1. The smallest absolute Gasteiger partial charge is 0.237 e. The van der Waals surface area contributed by atoms with Gasteiger partial charge in [-0.3, -0.25) is 9.69 Å². The maximum atomic E-state index is 11.6. The molecule has 0 aliphatic heterocycles. The Kier molecular flexibility index (Phi) is 8.49. The van der Waals surface area contributed by atoms with Crippen LogP contribution in [0.15, 0.2) is 0 Å². The van der Waals surface area contributed by atoms with E-state index in [0.717, 1.165) is 6.42 Å². The van der Waals surface area contributed by atoms with Gasteiger partial charge in [0.1, 0.15) is 0 Å². The van der Waals surface area contributed by atoms with Gasteiger partial charge in [-0.15, -0.1) is 0 Å². The number of carbonyl (C=O) groups is 1. The Morgan fingerprint density at radius 3 is 2.88 bits per heavy atom. The van der Waals surface area contributed by atoms with Crippen LogP contribution in [0.5, 0.6) is 0 Å². The molecule has 0 aliphatic rings. The van der Waals surface area contributed by atoms with Crippen LogP contribution in [0, 0.1) is 11.3 Å². The molecule has 5 heteroatoms. The summed E-state index contributed by atoms with van der Waals surface area (Å²) in [5.41, 5.74) is 0. The minimum atomic E-state index is -0.198. The van der Waals surface area contributed by atoms with Crippen LogP contribution in [-0.4, -0.2) is 50.7 Å². The Balaban J connectivity index is 3.76. The molecular weight excluding hydrogens is 206 g/mol. The number of rotatable bonds is 8. The van der Waals surface area contributed by atoms with Gasteiger partial charge in [-0.1, -0.05) is 0 Å². The minimum absolute atomic E-state index is 0.00320. The number of hydrogen-bond donors (Lipinski definition) is 1. The van der Waals surface area contributed by atoms with Gasteiger partial charge in [-0.05, 0) is 20.4 Å². The fraction of sp³-hybridized carbons (Fsp3) is 0.818. The van der Waals surface area contributed by atoms with E-state index < -0.39 is 0 Å². The molecule has 5 nitrogen and oxygen atoms in total. The van der Waals surface area contributed by atoms with Crippen molar-refractivity contribution in [3.8, 4) is 6.07 Å². The normalized spacial score (nSPS) is 12.2. The van der Waals surface area contributed by atoms with Gasteiger partial charge in [0.2, 0.25) is 5.91 Å². The predicted molar refractivity (Wildman–Crippen MR) is 61.8 cm³/mol. The van der Waals surface area contributed by atoms with E-state index in [9.17, 15) is 4.79 Å². The van der Waals surface area contributed by atoms with Gasteiger partial charge in [0.15, 0.2) is 0 Å². The lowest BCUT2D eigenvalue weighted by atomic mass is 10.2. The Hall–Kier alpha value is -1.12. The van der Waals surface area contributed by atoms with Gasteiger partial charge < -0.3 is 10.1 Å². The topological polar surface area (TPSA) is 65.4 Å². The standard InChI is InChI=1S/C11H21N3O2/c1-10(14(2)8-4-6-12)11(15)13-7-5-9-16-3/h10H,4-5,7-9H2,1-3H3,(H,13,15). The molecule has 0 saturated carbocycles. The van der Waals surface area contributed by atoms with E-state index >= 15 is 0 Å². The number of nitrogens with one attached hydrogen (secondary N) is 1. The Morgan fingerprint density at radius 2 is 2.31 bits per heavy atom. The Labute approximate surface area is 97.4 Å². The van der Waals surface area contributed by atoms with E-state index in [0.29, 0.717) is 26.1 Å². The summed E-state index contributed by atoms with van der Waals surface area (Å²) >= 11 is 0. The second kappa shape index (κ2) is 9.13. The highest BCUT2D eigenvalue weighted by molar-refractivity contribution is 5.81. The zero-order valence-electron chi connectivity index (χ0n) is 10.3. The third-order valence-corrected chi connectivity index (χ3v) is 2.44. The second-order valence-corrected chi connectivity index (χ2v) is 3.70. The van der Waals surface area contributed by atoms with Crippen molar-refractivity contribution in [1.82, 2.24) is 10.2 Å². The average Bonchev–Trinajstić information content (AvgIpc) is 2.30. The molecular formula is C11H21N3O2. The summed E-state index contributed by atoms with van der Waals surface area (Å²) in [6.07, 6.45) is 1.26. The fourth-order valence-corrected chi connectivity index (χ4v) is 1.20. The molecule has 92 valence electrons. The summed E-state index contributed by atoms with van der Waals surface area (Å²) < 4.78 is 4.89. The summed E-state index contributed by atoms with van der Waals surface area (Å²) in [7, 11) is 3.48. The zero-order valence-corrected chi connectivity index (χ0v) is 10.3. The summed E-state index contributed by atoms with van der Waals surface area (Å²) in [5.74, 6) is -0.00320. The molecule has 0 spiro atoms. The van der Waals surface area contributed by atoms with Crippen LogP contribution in [0.4, 0.5) is 0 Å². The van der Waals surface area contributed by atoms with Crippen molar-refractivity contribution in [2.75, 3.05) is 33.9 Å². The first kappa shape index (κ1) is 14.9. The van der Waals surface area contributed by atoms with Gasteiger partial charge in [0, 0.05) is 33.2 Å². The molecule has 1 N–H and O–H groups in total. The second-order valence-electron chi connectivity index (χ2n) is 3.70. The molecule has 0 rings (SSSR count). The molecule has 0 radical (unpaired) electrons. The fourth-order valence-electron chi connectivity index (χ4n) is 1.20. The maximum Gasteiger partial charge on any atom is 0.237 e. The third kappa shape index (κ3) is 6.38. The lowest BCUT2D eigenvalue weighted by Gasteiger charge is -2.22. The van der Waals surface area contributed by atoms with E-state index in [1.807, 2.05) is 18.9 Å². The van der Waals surface area contributed by atoms with Gasteiger partial charge in [0.25, 0.3) is 0 Å². The van der Waals surface area contributed by atoms with Crippen molar-refractivity contribution < 1.29 is 9.53 Å². The molecule has 0 heterocycles. The van der Waals surface area contributed by atoms with Crippen LogP contribution < -0.4 is 5.32 Å². The SMILES string of the molecule is COCCCNC(=O)C(C)N(C)CCC#N. The minimum Gasteiger partial charge on any atom is -0.385 e. The molecule has 0 fully saturated rings. The van der Waals surface area contributed by atoms with Crippen molar-refractivity contribution in [2.24, 2.45) is 0 Å². The van der Waals surface area contributed by atoms with Gasteiger partial charge in [0.05, 0.1) is 12.1 Å². The highest BCUT2D eigenvalue weighted by Crippen LogP contribution is 1.96. The Morgan fingerprint density at radius 1 is 1.62 bits per heavy atom. The first-order chi connectivity index (χ1) is 7.63. The van der Waals surface area contributed by atoms with Gasteiger partial charge >= 0.3 is 0 Å². The van der Waals surface area contributed by atoms with Crippen molar-refractivity contribution in [3.05, 3.63) is 0 Å². The van der Waals surface area contributed by atoms with Gasteiger partial charge in [-0.25, -0.2) is 0 Å². The molecule has 1 amide bonds. The van der Waals surface area contributed by atoms with Crippen molar-refractivity contribution in [3.63, 3.8) is 0 Å². The summed E-state index contributed by atoms with van der Waals surface area (Å²) in [6.45, 7) is 3.73. The van der Waals surface area contributed by atoms with Crippen LogP contribution in [-0.2, 0) is 9.53 Å². The highest BCUT2D eigenvalue weighted by atomic mass is 16.5. The zero-order chi connectivity index (χ0) is 12.4. The van der Waals surface area contributed by atoms with E-state index in [2.05, 4.69) is 11.4 Å². The Bertz CT molecular complexity index is 238. The molecule has 0 aliphatic carbocycles. The molecule has 16 heavy (non-hydrogen) atoms. The first-order valence-corrected chi connectivity index (χ1v) is 5.47. The number of likely N-dealkylation sites (N-methyl/N-ethyl adjacent to an activating group) is 1. The summed E-state index contributed by atoms with van der Waals surface area (Å²) in [5, 5.41) is 11.3.